The lowest BCUT2D eigenvalue weighted by atomic mass is 9.94. The summed E-state index contributed by atoms with van der Waals surface area (Å²) in [7, 11) is 1.53. The molecule has 1 unspecified atom stereocenters. The van der Waals surface area contributed by atoms with Gasteiger partial charge in [0.2, 0.25) is 0 Å². The molecule has 1 saturated heterocycles. The van der Waals surface area contributed by atoms with Gasteiger partial charge in [-0.25, -0.2) is 0 Å². The molecule has 2 N–H and O–H groups in total. The summed E-state index contributed by atoms with van der Waals surface area (Å²) < 4.78 is 16.6. The lowest BCUT2D eigenvalue weighted by Crippen LogP contribution is -2.29. The van der Waals surface area contributed by atoms with E-state index in [0.29, 0.717) is 47.3 Å². The molecule has 0 radical (unpaired) electrons. The van der Waals surface area contributed by atoms with E-state index in [0.717, 1.165) is 0 Å². The molecule has 9 nitrogen and oxygen atoms in total. The molecule has 1 atom stereocenters. The van der Waals surface area contributed by atoms with Gasteiger partial charge >= 0.3 is 5.97 Å². The summed E-state index contributed by atoms with van der Waals surface area (Å²) >= 11 is 0. The lowest BCUT2D eigenvalue weighted by molar-refractivity contribution is -0.136. The number of ether oxygens (including phenoxy) is 3. The number of aliphatic hydroxyl groups excluding tert-OH is 1. The highest BCUT2D eigenvalue weighted by atomic mass is 16.5. The van der Waals surface area contributed by atoms with Gasteiger partial charge in [-0.2, -0.15) is 0 Å². The first-order valence-electron chi connectivity index (χ1n) is 12.4. The number of hydrogen-bond donors (Lipinski definition) is 2. The average molecular weight is 532 g/mol. The van der Waals surface area contributed by atoms with Gasteiger partial charge in [-0.05, 0) is 61.4 Å². The van der Waals surface area contributed by atoms with Crippen LogP contribution >= 0.6 is 0 Å². The van der Waals surface area contributed by atoms with Crippen molar-refractivity contribution in [3.05, 3.63) is 89.0 Å². The molecule has 4 rings (SSSR count). The van der Waals surface area contributed by atoms with Gasteiger partial charge < -0.3 is 24.4 Å². The highest BCUT2D eigenvalue weighted by molar-refractivity contribution is 6.51. The van der Waals surface area contributed by atoms with E-state index in [9.17, 15) is 19.5 Å². The Bertz CT molecular complexity index is 1410. The number of aliphatic hydroxyl groups is 1. The standard InChI is InChI=1S/C30H29NO8/c1-4-38-22-14-15-23(24(17-22)39-5-2)28(34)26-27(19-8-12-21(37-3)13-9-19)31(30(36)29(26)35)20-10-6-18(7-11-20)16-25(32)33/h6-15,17,27,34H,4-5,16H2,1-3H3,(H,32,33)/b28-26-. The average Bonchev–Trinajstić information content (AvgIpc) is 3.19. The molecule has 0 spiro atoms. The maximum absolute atomic E-state index is 13.5. The van der Waals surface area contributed by atoms with Gasteiger partial charge in [-0.1, -0.05) is 24.3 Å². The summed E-state index contributed by atoms with van der Waals surface area (Å²) in [6.45, 7) is 4.37. The normalized spacial score (nSPS) is 16.3. The summed E-state index contributed by atoms with van der Waals surface area (Å²) in [5.74, 6) is -1.64. The van der Waals surface area contributed by atoms with Gasteiger partial charge in [0.1, 0.15) is 23.0 Å². The summed E-state index contributed by atoms with van der Waals surface area (Å²) in [6, 6.07) is 17.1. The molecule has 3 aromatic rings. The molecule has 0 aliphatic carbocycles. The van der Waals surface area contributed by atoms with Crippen molar-refractivity contribution in [3.63, 3.8) is 0 Å². The number of benzene rings is 3. The van der Waals surface area contributed by atoms with E-state index >= 15 is 0 Å². The maximum atomic E-state index is 13.5. The minimum absolute atomic E-state index is 0.107. The van der Waals surface area contributed by atoms with Crippen molar-refractivity contribution in [1.82, 2.24) is 0 Å². The number of carboxylic acid groups (broad SMARTS) is 1. The van der Waals surface area contributed by atoms with Crippen LogP contribution in [0.2, 0.25) is 0 Å². The van der Waals surface area contributed by atoms with E-state index in [-0.39, 0.29) is 23.3 Å². The Morgan fingerprint density at radius 1 is 0.872 bits per heavy atom. The molecule has 1 aliphatic heterocycles. The predicted octanol–water partition coefficient (Wildman–Crippen LogP) is 4.75. The maximum Gasteiger partial charge on any atom is 0.307 e. The Kier molecular flexibility index (Phi) is 8.19. The molecule has 39 heavy (non-hydrogen) atoms. The van der Waals surface area contributed by atoms with E-state index in [2.05, 4.69) is 0 Å². The largest absolute Gasteiger partial charge is 0.507 e. The molecule has 202 valence electrons. The number of Topliss-reactive ketones (excluding diaryl/α,β-unsaturated/α-hetero) is 1. The third-order valence-corrected chi connectivity index (χ3v) is 6.26. The first kappa shape index (κ1) is 27.3. The molecular weight excluding hydrogens is 502 g/mol. The first-order valence-corrected chi connectivity index (χ1v) is 12.4. The zero-order valence-corrected chi connectivity index (χ0v) is 21.8. The molecule has 0 saturated carbocycles. The van der Waals surface area contributed by atoms with Crippen molar-refractivity contribution in [2.75, 3.05) is 25.2 Å². The second kappa shape index (κ2) is 11.7. The van der Waals surface area contributed by atoms with E-state index in [1.165, 1.54) is 12.0 Å². The number of hydrogen-bond acceptors (Lipinski definition) is 7. The quantitative estimate of drug-likeness (QED) is 0.218. The molecule has 0 aromatic heterocycles. The molecule has 1 fully saturated rings. The number of nitrogens with zero attached hydrogens (tertiary/aromatic N) is 1. The molecule has 1 amide bonds. The number of rotatable bonds is 10. The Labute approximate surface area is 225 Å². The Morgan fingerprint density at radius 2 is 1.51 bits per heavy atom. The predicted molar refractivity (Wildman–Crippen MR) is 144 cm³/mol. The number of anilines is 1. The van der Waals surface area contributed by atoms with Crippen LogP contribution in [-0.4, -0.2) is 48.2 Å². The Hall–Kier alpha value is -4.79. The number of carbonyl (C=O) groups is 3. The van der Waals surface area contributed by atoms with Crippen molar-refractivity contribution in [2.24, 2.45) is 0 Å². The molecular formula is C30H29NO8. The van der Waals surface area contributed by atoms with Crippen molar-refractivity contribution in [1.29, 1.82) is 0 Å². The van der Waals surface area contributed by atoms with E-state index in [1.54, 1.807) is 73.7 Å². The summed E-state index contributed by atoms with van der Waals surface area (Å²) in [6.07, 6.45) is -0.182. The van der Waals surface area contributed by atoms with Gasteiger partial charge in [-0.3, -0.25) is 19.3 Å². The van der Waals surface area contributed by atoms with Gasteiger partial charge in [0.05, 0.1) is 43.9 Å². The van der Waals surface area contributed by atoms with Crippen molar-refractivity contribution < 1.29 is 38.8 Å². The monoisotopic (exact) mass is 531 g/mol. The second-order valence-electron chi connectivity index (χ2n) is 8.70. The summed E-state index contributed by atoms with van der Waals surface area (Å²) in [5.41, 5.74) is 1.62. The molecule has 9 heteroatoms. The smallest absolute Gasteiger partial charge is 0.307 e. The Balaban J connectivity index is 1.89. The van der Waals surface area contributed by atoms with Crippen molar-refractivity contribution >= 4 is 29.1 Å². The van der Waals surface area contributed by atoms with Crippen LogP contribution in [0.25, 0.3) is 5.76 Å². The van der Waals surface area contributed by atoms with Crippen LogP contribution in [-0.2, 0) is 20.8 Å². The molecule has 0 bridgehead atoms. The first-order chi connectivity index (χ1) is 18.8. The van der Waals surface area contributed by atoms with Crippen LogP contribution in [0.4, 0.5) is 5.69 Å². The second-order valence-corrected chi connectivity index (χ2v) is 8.70. The van der Waals surface area contributed by atoms with Crippen LogP contribution in [0.3, 0.4) is 0 Å². The fourth-order valence-electron chi connectivity index (χ4n) is 4.52. The topological polar surface area (TPSA) is 123 Å². The van der Waals surface area contributed by atoms with Crippen LogP contribution < -0.4 is 19.1 Å². The van der Waals surface area contributed by atoms with Crippen LogP contribution in [0.5, 0.6) is 17.2 Å². The lowest BCUT2D eigenvalue weighted by Gasteiger charge is -2.26. The third-order valence-electron chi connectivity index (χ3n) is 6.26. The van der Waals surface area contributed by atoms with Crippen molar-refractivity contribution in [2.45, 2.75) is 26.3 Å². The summed E-state index contributed by atoms with van der Waals surface area (Å²) in [5, 5.41) is 20.6. The van der Waals surface area contributed by atoms with Gasteiger partial charge in [0, 0.05) is 11.8 Å². The minimum Gasteiger partial charge on any atom is -0.507 e. The van der Waals surface area contributed by atoms with E-state index in [4.69, 9.17) is 19.3 Å². The highest BCUT2D eigenvalue weighted by Crippen LogP contribution is 2.44. The van der Waals surface area contributed by atoms with Crippen molar-refractivity contribution in [3.8, 4) is 17.2 Å². The fourth-order valence-corrected chi connectivity index (χ4v) is 4.52. The number of amides is 1. The van der Waals surface area contributed by atoms with Gasteiger partial charge in [0.25, 0.3) is 11.7 Å². The zero-order chi connectivity index (χ0) is 28.1. The number of ketones is 1. The van der Waals surface area contributed by atoms with Crippen LogP contribution in [0, 0.1) is 0 Å². The van der Waals surface area contributed by atoms with Gasteiger partial charge in [0.15, 0.2) is 0 Å². The SMILES string of the molecule is CCOc1ccc(/C(O)=C2/C(=O)C(=O)N(c3ccc(CC(=O)O)cc3)C2c2ccc(OC)cc2)c(OCC)c1. The molecule has 3 aromatic carbocycles. The van der Waals surface area contributed by atoms with Gasteiger partial charge in [-0.15, -0.1) is 0 Å². The molecule has 1 aliphatic rings. The van der Waals surface area contributed by atoms with Crippen LogP contribution in [0.1, 0.15) is 36.6 Å². The number of aliphatic carboxylic acids is 1. The molecule has 1 heterocycles. The Morgan fingerprint density at radius 3 is 2.10 bits per heavy atom. The summed E-state index contributed by atoms with van der Waals surface area (Å²) in [4.78, 5) is 39.3. The third kappa shape index (κ3) is 5.57. The van der Waals surface area contributed by atoms with E-state index < -0.39 is 23.7 Å². The highest BCUT2D eigenvalue weighted by Gasteiger charge is 2.47. The minimum atomic E-state index is -0.984. The van der Waals surface area contributed by atoms with Crippen LogP contribution in [0.15, 0.2) is 72.3 Å². The zero-order valence-electron chi connectivity index (χ0n) is 21.8. The fraction of sp³-hybridized carbons (Fsp3) is 0.233. The number of methoxy groups -OCH3 is 1. The van der Waals surface area contributed by atoms with E-state index in [1.807, 2.05) is 6.92 Å². The number of carboxylic acids is 1. The number of carbonyl (C=O) groups excluding carboxylic acids is 2.